The molecule has 3 aromatic rings. The lowest BCUT2D eigenvalue weighted by atomic mass is 10.2. The Morgan fingerprint density at radius 3 is 2.33 bits per heavy atom. The van der Waals surface area contributed by atoms with Gasteiger partial charge in [-0.3, -0.25) is 4.99 Å². The van der Waals surface area contributed by atoms with E-state index in [9.17, 15) is 0 Å². The molecule has 0 atom stereocenters. The molecule has 2 aromatic carbocycles. The molecule has 1 aromatic heterocycles. The van der Waals surface area contributed by atoms with E-state index >= 15 is 0 Å². The summed E-state index contributed by atoms with van der Waals surface area (Å²) in [6.45, 7) is 0. The maximum Gasteiger partial charge on any atom is 0.135 e. The van der Waals surface area contributed by atoms with Gasteiger partial charge in [-0.25, -0.2) is 4.68 Å². The predicted octanol–water partition coefficient (Wildman–Crippen LogP) is 3.61. The molecule has 3 rings (SSSR count). The van der Waals surface area contributed by atoms with Crippen LogP contribution in [0.15, 0.2) is 71.7 Å². The van der Waals surface area contributed by atoms with Gasteiger partial charge in [0.25, 0.3) is 0 Å². The van der Waals surface area contributed by atoms with Crippen LogP contribution < -0.4 is 5.32 Å². The van der Waals surface area contributed by atoms with Crippen LogP contribution in [0.3, 0.4) is 0 Å². The average molecular weight is 276 g/mol. The summed E-state index contributed by atoms with van der Waals surface area (Å²) in [7, 11) is 1.73. The highest BCUT2D eigenvalue weighted by atomic mass is 15.3. The molecular weight excluding hydrogens is 260 g/mol. The maximum atomic E-state index is 4.70. The minimum absolute atomic E-state index is 0.880. The normalized spacial score (nSPS) is 10.9. The van der Waals surface area contributed by atoms with Crippen LogP contribution in [0.5, 0.6) is 0 Å². The van der Waals surface area contributed by atoms with Crippen LogP contribution in [0, 0.1) is 0 Å². The number of aliphatic imine (C=N–C) groups is 1. The van der Waals surface area contributed by atoms with Gasteiger partial charge in [-0.05, 0) is 12.1 Å². The number of rotatable bonds is 4. The molecule has 0 aliphatic carbocycles. The van der Waals surface area contributed by atoms with E-state index in [0.717, 1.165) is 22.8 Å². The molecule has 0 radical (unpaired) electrons. The Balaban J connectivity index is 2.07. The summed E-state index contributed by atoms with van der Waals surface area (Å²) in [5.74, 6) is 0.880. The van der Waals surface area contributed by atoms with Crippen molar-refractivity contribution in [2.45, 2.75) is 0 Å². The summed E-state index contributed by atoms with van der Waals surface area (Å²) >= 11 is 0. The van der Waals surface area contributed by atoms with E-state index in [4.69, 9.17) is 5.10 Å². The molecule has 1 heterocycles. The third-order valence-electron chi connectivity index (χ3n) is 3.12. The summed E-state index contributed by atoms with van der Waals surface area (Å²) in [6, 6.07) is 22.2. The zero-order valence-corrected chi connectivity index (χ0v) is 11.8. The number of para-hydroxylation sites is 1. The number of hydrogen-bond donors (Lipinski definition) is 1. The quantitative estimate of drug-likeness (QED) is 0.584. The predicted molar refractivity (Wildman–Crippen MR) is 87.0 cm³/mol. The van der Waals surface area contributed by atoms with Crippen LogP contribution in [-0.4, -0.2) is 23.2 Å². The van der Waals surface area contributed by atoms with Crippen molar-refractivity contribution in [3.63, 3.8) is 0 Å². The summed E-state index contributed by atoms with van der Waals surface area (Å²) < 4.78 is 1.88. The Labute approximate surface area is 123 Å². The molecule has 4 nitrogen and oxygen atoms in total. The third kappa shape index (κ3) is 2.84. The fraction of sp³-hybridized carbons (Fsp3) is 0.0588. The minimum Gasteiger partial charge on any atom is -0.331 e. The van der Waals surface area contributed by atoms with Crippen LogP contribution in [-0.2, 0) is 0 Å². The first kappa shape index (κ1) is 13.1. The van der Waals surface area contributed by atoms with Gasteiger partial charge < -0.3 is 5.32 Å². The third-order valence-corrected chi connectivity index (χ3v) is 3.12. The van der Waals surface area contributed by atoms with E-state index in [1.165, 1.54) is 0 Å². The second-order valence-electron chi connectivity index (χ2n) is 4.56. The first-order chi connectivity index (χ1) is 10.4. The Bertz CT molecular complexity index is 730. The van der Waals surface area contributed by atoms with Gasteiger partial charge >= 0.3 is 0 Å². The zero-order chi connectivity index (χ0) is 14.5. The highest BCUT2D eigenvalue weighted by Gasteiger charge is 2.10. The second kappa shape index (κ2) is 6.05. The van der Waals surface area contributed by atoms with Crippen LogP contribution >= 0.6 is 0 Å². The first-order valence-electron chi connectivity index (χ1n) is 6.76. The van der Waals surface area contributed by atoms with Gasteiger partial charge in [-0.1, -0.05) is 48.5 Å². The number of benzene rings is 2. The first-order valence-corrected chi connectivity index (χ1v) is 6.76. The van der Waals surface area contributed by atoms with Crippen molar-refractivity contribution < 1.29 is 0 Å². The average Bonchev–Trinajstić information content (AvgIpc) is 2.99. The van der Waals surface area contributed by atoms with Crippen molar-refractivity contribution >= 4 is 12.2 Å². The molecule has 0 aliphatic heterocycles. The van der Waals surface area contributed by atoms with Gasteiger partial charge in [-0.15, -0.1) is 0 Å². The van der Waals surface area contributed by atoms with Crippen molar-refractivity contribution in [1.82, 2.24) is 9.78 Å². The lowest BCUT2D eigenvalue weighted by Crippen LogP contribution is -2.04. The number of aromatic nitrogens is 2. The number of hydrogen-bond acceptors (Lipinski definition) is 2. The van der Waals surface area contributed by atoms with Crippen LogP contribution in [0.4, 0.5) is 5.82 Å². The molecule has 0 aliphatic rings. The highest BCUT2D eigenvalue weighted by Crippen LogP contribution is 2.24. The van der Waals surface area contributed by atoms with E-state index in [1.54, 1.807) is 13.4 Å². The molecule has 0 bridgehead atoms. The molecule has 0 saturated carbocycles. The summed E-state index contributed by atoms with van der Waals surface area (Å²) in [4.78, 5) is 3.97. The van der Waals surface area contributed by atoms with Gasteiger partial charge in [0.05, 0.1) is 17.7 Å². The lowest BCUT2D eigenvalue weighted by Gasteiger charge is -2.05. The van der Waals surface area contributed by atoms with Gasteiger partial charge in [-0.2, -0.15) is 5.10 Å². The van der Waals surface area contributed by atoms with E-state index in [2.05, 4.69) is 22.4 Å². The molecule has 0 saturated heterocycles. The second-order valence-corrected chi connectivity index (χ2v) is 4.56. The maximum absolute atomic E-state index is 4.70. The van der Waals surface area contributed by atoms with Gasteiger partial charge in [0.15, 0.2) is 0 Å². The van der Waals surface area contributed by atoms with Gasteiger partial charge in [0.2, 0.25) is 0 Å². The van der Waals surface area contributed by atoms with Crippen molar-refractivity contribution in [2.24, 2.45) is 4.99 Å². The Morgan fingerprint density at radius 1 is 1.00 bits per heavy atom. The SMILES string of the molecule is CN=CNc1cc(-c2ccccc2)nn1-c1ccccc1. The molecular formula is C17H16N4. The largest absolute Gasteiger partial charge is 0.331 e. The standard InChI is InChI=1S/C17H16N4/c1-18-13-19-17-12-16(14-8-4-2-5-9-14)20-21(17)15-10-6-3-7-11-15/h2-13H,1H3,(H,18,19). The van der Waals surface area contributed by atoms with Gasteiger partial charge in [0, 0.05) is 18.7 Å². The molecule has 0 fully saturated rings. The fourth-order valence-corrected chi connectivity index (χ4v) is 2.13. The lowest BCUT2D eigenvalue weighted by molar-refractivity contribution is 0.894. The van der Waals surface area contributed by atoms with Crippen molar-refractivity contribution in [2.75, 3.05) is 12.4 Å². The highest BCUT2D eigenvalue weighted by molar-refractivity contribution is 5.77. The van der Waals surface area contributed by atoms with E-state index in [-0.39, 0.29) is 0 Å². The smallest absolute Gasteiger partial charge is 0.135 e. The summed E-state index contributed by atoms with van der Waals surface area (Å²) in [5, 5.41) is 7.86. The summed E-state index contributed by atoms with van der Waals surface area (Å²) in [5.41, 5.74) is 3.02. The molecule has 0 amide bonds. The van der Waals surface area contributed by atoms with Crippen molar-refractivity contribution in [1.29, 1.82) is 0 Å². The Kier molecular flexibility index (Phi) is 3.78. The molecule has 21 heavy (non-hydrogen) atoms. The molecule has 4 heteroatoms. The number of nitrogens with one attached hydrogen (secondary N) is 1. The van der Waals surface area contributed by atoms with E-state index in [1.807, 2.05) is 59.3 Å². The minimum atomic E-state index is 0.880. The van der Waals surface area contributed by atoms with Gasteiger partial charge in [0.1, 0.15) is 5.82 Å². The van der Waals surface area contributed by atoms with Crippen molar-refractivity contribution in [3.8, 4) is 16.9 Å². The monoisotopic (exact) mass is 276 g/mol. The summed E-state index contributed by atoms with van der Waals surface area (Å²) in [6.07, 6.45) is 1.66. The van der Waals surface area contributed by atoms with Crippen LogP contribution in [0.25, 0.3) is 16.9 Å². The van der Waals surface area contributed by atoms with E-state index < -0.39 is 0 Å². The van der Waals surface area contributed by atoms with Crippen LogP contribution in [0.1, 0.15) is 0 Å². The number of anilines is 1. The zero-order valence-electron chi connectivity index (χ0n) is 11.8. The topological polar surface area (TPSA) is 42.2 Å². The molecule has 0 unspecified atom stereocenters. The Morgan fingerprint density at radius 2 is 1.67 bits per heavy atom. The van der Waals surface area contributed by atoms with E-state index in [0.29, 0.717) is 0 Å². The molecule has 104 valence electrons. The van der Waals surface area contributed by atoms with Crippen LogP contribution in [0.2, 0.25) is 0 Å². The molecule has 0 spiro atoms. The fourth-order valence-electron chi connectivity index (χ4n) is 2.13. The number of nitrogens with zero attached hydrogens (tertiary/aromatic N) is 3. The Hall–Kier alpha value is -2.88. The van der Waals surface area contributed by atoms with Crippen molar-refractivity contribution in [3.05, 3.63) is 66.7 Å². The molecule has 1 N–H and O–H groups in total.